The molecule has 19 heavy (non-hydrogen) atoms. The Bertz CT molecular complexity index is 578. The summed E-state index contributed by atoms with van der Waals surface area (Å²) >= 11 is 12.3. The van der Waals surface area contributed by atoms with Gasteiger partial charge in [0.15, 0.2) is 0 Å². The second-order valence-corrected chi connectivity index (χ2v) is 5.24. The van der Waals surface area contributed by atoms with E-state index in [0.29, 0.717) is 5.02 Å². The Labute approximate surface area is 123 Å². The van der Waals surface area contributed by atoms with E-state index in [1.54, 1.807) is 6.20 Å². The van der Waals surface area contributed by atoms with Gasteiger partial charge in [-0.05, 0) is 38.1 Å². The number of halogens is 2. The number of aromatic nitrogens is 2. The Morgan fingerprint density at radius 3 is 2.63 bits per heavy atom. The molecule has 0 aliphatic carbocycles. The summed E-state index contributed by atoms with van der Waals surface area (Å²) in [7, 11) is 1.91. The zero-order chi connectivity index (χ0) is 14.0. The van der Waals surface area contributed by atoms with Crippen LogP contribution in [0, 0.1) is 6.92 Å². The molecule has 0 saturated carbocycles. The zero-order valence-electron chi connectivity index (χ0n) is 11.2. The molecule has 1 heterocycles. The van der Waals surface area contributed by atoms with Gasteiger partial charge in [0.1, 0.15) is 0 Å². The number of aryl methyl sites for hydroxylation is 2. The summed E-state index contributed by atoms with van der Waals surface area (Å²) in [6.45, 7) is 4.83. The molecule has 0 aliphatic heterocycles. The van der Waals surface area contributed by atoms with Crippen LogP contribution in [0.5, 0.6) is 0 Å². The van der Waals surface area contributed by atoms with Gasteiger partial charge in [0.2, 0.25) is 0 Å². The minimum absolute atomic E-state index is 0.00548. The van der Waals surface area contributed by atoms with Gasteiger partial charge in [-0.1, -0.05) is 35.3 Å². The van der Waals surface area contributed by atoms with Crippen LogP contribution in [0.15, 0.2) is 24.4 Å². The minimum Gasteiger partial charge on any atom is -0.308 e. The fourth-order valence-electron chi connectivity index (χ4n) is 2.22. The minimum atomic E-state index is 0.00548. The third-order valence-electron chi connectivity index (χ3n) is 3.21. The second-order valence-electron chi connectivity index (χ2n) is 4.42. The molecule has 2 aromatic rings. The molecular formula is C14H17Cl2N3. The Balaban J connectivity index is 2.49. The van der Waals surface area contributed by atoms with Gasteiger partial charge in [-0.15, -0.1) is 0 Å². The average Bonchev–Trinajstić information content (AvgIpc) is 2.76. The predicted molar refractivity (Wildman–Crippen MR) is 80.0 cm³/mol. The Morgan fingerprint density at radius 1 is 1.32 bits per heavy atom. The Morgan fingerprint density at radius 2 is 2.05 bits per heavy atom. The lowest BCUT2D eigenvalue weighted by atomic mass is 10.0. The summed E-state index contributed by atoms with van der Waals surface area (Å²) in [5, 5.41) is 9.03. The molecule has 0 fully saturated rings. The van der Waals surface area contributed by atoms with Crippen LogP contribution in [0.1, 0.15) is 29.8 Å². The van der Waals surface area contributed by atoms with Crippen molar-refractivity contribution in [1.82, 2.24) is 15.1 Å². The van der Waals surface area contributed by atoms with Gasteiger partial charge in [-0.2, -0.15) is 5.10 Å². The van der Waals surface area contributed by atoms with Gasteiger partial charge in [0.25, 0.3) is 0 Å². The van der Waals surface area contributed by atoms with Crippen LogP contribution in [0.2, 0.25) is 10.0 Å². The number of hydrogen-bond donors (Lipinski definition) is 1. The highest BCUT2D eigenvalue weighted by Crippen LogP contribution is 2.30. The Kier molecular flexibility index (Phi) is 4.50. The molecule has 0 bridgehead atoms. The molecule has 1 aromatic carbocycles. The lowest BCUT2D eigenvalue weighted by Gasteiger charge is -2.19. The van der Waals surface area contributed by atoms with E-state index in [1.807, 2.05) is 37.7 Å². The van der Waals surface area contributed by atoms with Gasteiger partial charge in [-0.3, -0.25) is 4.68 Å². The van der Waals surface area contributed by atoms with E-state index in [1.165, 1.54) is 0 Å². The first-order valence-electron chi connectivity index (χ1n) is 6.23. The molecule has 5 heteroatoms. The first-order valence-corrected chi connectivity index (χ1v) is 6.98. The van der Waals surface area contributed by atoms with E-state index in [9.17, 15) is 0 Å². The van der Waals surface area contributed by atoms with Crippen LogP contribution in [0.3, 0.4) is 0 Å². The fourth-order valence-corrected chi connectivity index (χ4v) is 2.59. The maximum Gasteiger partial charge on any atom is 0.0837 e. The second kappa shape index (κ2) is 5.95. The van der Waals surface area contributed by atoms with Crippen molar-refractivity contribution >= 4 is 23.2 Å². The van der Waals surface area contributed by atoms with Crippen molar-refractivity contribution in [2.45, 2.75) is 26.4 Å². The van der Waals surface area contributed by atoms with Crippen LogP contribution in [0.4, 0.5) is 0 Å². The lowest BCUT2D eigenvalue weighted by molar-refractivity contribution is 0.563. The van der Waals surface area contributed by atoms with Gasteiger partial charge in [0.05, 0.1) is 23.0 Å². The number of rotatable bonds is 4. The van der Waals surface area contributed by atoms with E-state index in [-0.39, 0.29) is 6.04 Å². The SMILES string of the molecule is CCn1ncc(Cl)c1C(NC)c1ccc(Cl)c(C)c1. The monoisotopic (exact) mass is 297 g/mol. The Hall–Kier alpha value is -1.03. The van der Waals surface area contributed by atoms with Crippen molar-refractivity contribution in [3.63, 3.8) is 0 Å². The number of benzene rings is 1. The summed E-state index contributed by atoms with van der Waals surface area (Å²) in [4.78, 5) is 0. The van der Waals surface area contributed by atoms with Gasteiger partial charge in [-0.25, -0.2) is 0 Å². The third kappa shape index (κ3) is 2.78. The molecule has 0 amide bonds. The third-order valence-corrected chi connectivity index (χ3v) is 3.93. The fraction of sp³-hybridized carbons (Fsp3) is 0.357. The van der Waals surface area contributed by atoms with Crippen LogP contribution >= 0.6 is 23.2 Å². The normalized spacial score (nSPS) is 12.7. The smallest absolute Gasteiger partial charge is 0.0837 e. The number of nitrogens with zero attached hydrogens (tertiary/aromatic N) is 2. The van der Waals surface area contributed by atoms with Gasteiger partial charge in [0, 0.05) is 11.6 Å². The molecule has 0 aliphatic rings. The van der Waals surface area contributed by atoms with Crippen LogP contribution in [-0.2, 0) is 6.54 Å². The molecule has 1 aromatic heterocycles. The van der Waals surface area contributed by atoms with E-state index in [0.717, 1.165) is 28.4 Å². The van der Waals surface area contributed by atoms with Crippen molar-refractivity contribution in [3.05, 3.63) is 51.3 Å². The highest BCUT2D eigenvalue weighted by Gasteiger charge is 2.20. The van der Waals surface area contributed by atoms with Crippen LogP contribution in [-0.4, -0.2) is 16.8 Å². The van der Waals surface area contributed by atoms with Gasteiger partial charge < -0.3 is 5.32 Å². The standard InChI is InChI=1S/C14H17Cl2N3/c1-4-19-14(12(16)8-18-19)13(17-3)10-5-6-11(15)9(2)7-10/h5-8,13,17H,4H2,1-3H3. The van der Waals surface area contributed by atoms with Crippen LogP contribution in [0.25, 0.3) is 0 Å². The molecule has 0 saturated heterocycles. The maximum atomic E-state index is 6.27. The van der Waals surface area contributed by atoms with E-state index in [2.05, 4.69) is 16.5 Å². The summed E-state index contributed by atoms with van der Waals surface area (Å²) in [5.74, 6) is 0. The van der Waals surface area contributed by atoms with Crippen LogP contribution < -0.4 is 5.32 Å². The van der Waals surface area contributed by atoms with E-state index < -0.39 is 0 Å². The molecule has 102 valence electrons. The molecule has 2 rings (SSSR count). The molecule has 1 unspecified atom stereocenters. The molecule has 0 radical (unpaired) electrons. The average molecular weight is 298 g/mol. The highest BCUT2D eigenvalue weighted by atomic mass is 35.5. The summed E-state index contributed by atoms with van der Waals surface area (Å²) < 4.78 is 1.91. The van der Waals surface area contributed by atoms with Crippen molar-refractivity contribution in [2.75, 3.05) is 7.05 Å². The molecule has 0 spiro atoms. The summed E-state index contributed by atoms with van der Waals surface area (Å²) in [6.07, 6.45) is 1.69. The first-order chi connectivity index (χ1) is 9.08. The first kappa shape index (κ1) is 14.4. The predicted octanol–water partition coefficient (Wildman–Crippen LogP) is 3.83. The molecule has 1 atom stereocenters. The van der Waals surface area contributed by atoms with Crippen molar-refractivity contribution in [3.8, 4) is 0 Å². The molecule has 1 N–H and O–H groups in total. The quantitative estimate of drug-likeness (QED) is 0.929. The number of nitrogens with one attached hydrogen (secondary N) is 1. The lowest BCUT2D eigenvalue weighted by Crippen LogP contribution is -2.21. The molecular weight excluding hydrogens is 281 g/mol. The van der Waals surface area contributed by atoms with Crippen molar-refractivity contribution in [1.29, 1.82) is 0 Å². The summed E-state index contributed by atoms with van der Waals surface area (Å²) in [6, 6.07) is 6.01. The molecule has 3 nitrogen and oxygen atoms in total. The topological polar surface area (TPSA) is 29.9 Å². The van der Waals surface area contributed by atoms with E-state index in [4.69, 9.17) is 23.2 Å². The van der Waals surface area contributed by atoms with Crippen molar-refractivity contribution < 1.29 is 0 Å². The van der Waals surface area contributed by atoms with E-state index >= 15 is 0 Å². The highest BCUT2D eigenvalue weighted by molar-refractivity contribution is 6.31. The summed E-state index contributed by atoms with van der Waals surface area (Å²) in [5.41, 5.74) is 3.16. The maximum absolute atomic E-state index is 6.27. The zero-order valence-corrected chi connectivity index (χ0v) is 12.8. The van der Waals surface area contributed by atoms with Gasteiger partial charge >= 0.3 is 0 Å². The van der Waals surface area contributed by atoms with Crippen molar-refractivity contribution in [2.24, 2.45) is 0 Å². The number of hydrogen-bond acceptors (Lipinski definition) is 2. The largest absolute Gasteiger partial charge is 0.308 e.